The number of nitrogens with zero attached hydrogens (tertiary/aromatic N) is 1. The Labute approximate surface area is 177 Å². The molecule has 5 rings (SSSR count). The molecule has 3 N–H and O–H groups in total. The Balaban J connectivity index is 0.000000204. The van der Waals surface area contributed by atoms with Crippen LogP contribution < -0.4 is 15.4 Å². The van der Waals surface area contributed by atoms with Crippen LogP contribution in [0.1, 0.15) is 12.0 Å². The van der Waals surface area contributed by atoms with Crippen LogP contribution in [0.4, 0.5) is 5.69 Å². The molecule has 0 amide bonds. The van der Waals surface area contributed by atoms with Crippen molar-refractivity contribution in [3.63, 3.8) is 0 Å². The molecule has 3 heterocycles. The van der Waals surface area contributed by atoms with Crippen molar-refractivity contribution < 1.29 is 24.1 Å². The maximum Gasteiger partial charge on any atom is 0.150 e. The molecule has 0 aromatic heterocycles. The molecule has 3 fully saturated rings. The van der Waals surface area contributed by atoms with Crippen molar-refractivity contribution in [1.82, 2.24) is 0 Å². The lowest BCUT2D eigenvalue weighted by molar-refractivity contribution is 0.0308. The number of benzene rings is 2. The number of phenolic OH excluding ortho intramolecular Hbond substituents is 1. The Kier molecular flexibility index (Phi) is 7.07. The maximum atomic E-state index is 8.89. The van der Waals surface area contributed by atoms with Crippen LogP contribution in [0.2, 0.25) is 0 Å². The Morgan fingerprint density at radius 1 is 1.03 bits per heavy atom. The van der Waals surface area contributed by atoms with Gasteiger partial charge in [0.15, 0.2) is 6.10 Å². The minimum Gasteiger partial charge on any atom is -0.508 e. The summed E-state index contributed by atoms with van der Waals surface area (Å²) in [4.78, 5) is 2.34. The number of aromatic hydroxyl groups is 1. The molecule has 3 unspecified atom stereocenters. The average molecular weight is 415 g/mol. The molecule has 3 aliphatic heterocycles. The van der Waals surface area contributed by atoms with Gasteiger partial charge in [-0.1, -0.05) is 12.1 Å². The monoisotopic (exact) mass is 414 g/mol. The van der Waals surface area contributed by atoms with Crippen molar-refractivity contribution in [1.29, 1.82) is 0 Å². The van der Waals surface area contributed by atoms with Gasteiger partial charge in [-0.15, -0.1) is 0 Å². The molecule has 7 heteroatoms. The highest BCUT2D eigenvalue weighted by atomic mass is 16.6. The molecule has 3 atom stereocenters. The lowest BCUT2D eigenvalue weighted by atomic mass is 10.1. The highest BCUT2D eigenvalue weighted by Crippen LogP contribution is 2.30. The highest BCUT2D eigenvalue weighted by Gasteiger charge is 2.43. The van der Waals surface area contributed by atoms with E-state index in [2.05, 4.69) is 17.0 Å². The zero-order chi connectivity index (χ0) is 20.8. The lowest BCUT2D eigenvalue weighted by Gasteiger charge is -2.29. The van der Waals surface area contributed by atoms with E-state index in [4.69, 9.17) is 29.8 Å². The number of phenols is 1. The summed E-state index contributed by atoms with van der Waals surface area (Å²) >= 11 is 0. The van der Waals surface area contributed by atoms with E-state index >= 15 is 0 Å². The van der Waals surface area contributed by atoms with Crippen LogP contribution in [-0.4, -0.2) is 62.9 Å². The molecule has 30 heavy (non-hydrogen) atoms. The van der Waals surface area contributed by atoms with Crippen LogP contribution >= 0.6 is 0 Å². The fourth-order valence-electron chi connectivity index (χ4n) is 3.95. The van der Waals surface area contributed by atoms with E-state index in [-0.39, 0.29) is 24.1 Å². The van der Waals surface area contributed by atoms with Gasteiger partial charge in [-0.05, 0) is 48.4 Å². The Morgan fingerprint density at radius 2 is 1.83 bits per heavy atom. The van der Waals surface area contributed by atoms with Gasteiger partial charge in [0.05, 0.1) is 25.9 Å². The van der Waals surface area contributed by atoms with E-state index in [1.807, 2.05) is 18.2 Å². The van der Waals surface area contributed by atoms with Gasteiger partial charge < -0.3 is 34.7 Å². The first kappa shape index (κ1) is 20.9. The molecule has 0 bridgehead atoms. The Morgan fingerprint density at radius 3 is 2.53 bits per heavy atom. The van der Waals surface area contributed by atoms with E-state index in [0.29, 0.717) is 13.2 Å². The van der Waals surface area contributed by atoms with Gasteiger partial charge in [0, 0.05) is 31.9 Å². The Hall–Kier alpha value is -2.32. The summed E-state index contributed by atoms with van der Waals surface area (Å²) < 4.78 is 22.8. The third kappa shape index (κ3) is 5.23. The van der Waals surface area contributed by atoms with Gasteiger partial charge >= 0.3 is 0 Å². The summed E-state index contributed by atoms with van der Waals surface area (Å²) in [6.07, 6.45) is 1.33. The van der Waals surface area contributed by atoms with Gasteiger partial charge in [-0.25, -0.2) is 0 Å². The second kappa shape index (κ2) is 10.1. The summed E-state index contributed by atoms with van der Waals surface area (Å²) in [7, 11) is 0. The van der Waals surface area contributed by atoms with Crippen molar-refractivity contribution in [2.75, 3.05) is 44.4 Å². The summed E-state index contributed by atoms with van der Waals surface area (Å²) in [6.45, 7) is 5.40. The van der Waals surface area contributed by atoms with Crippen molar-refractivity contribution >= 4 is 5.69 Å². The summed E-state index contributed by atoms with van der Waals surface area (Å²) in [5.74, 6) is 1.16. The minimum absolute atomic E-state index is 0.0201. The first-order chi connectivity index (χ1) is 14.7. The molecule has 0 radical (unpaired) electrons. The third-order valence-corrected chi connectivity index (χ3v) is 5.57. The number of hydrogen-bond acceptors (Lipinski definition) is 7. The number of fused-ring (bicyclic) bond motifs is 1. The standard InChI is InChI=1S/C16H21NO4.C7H9NO/c1-3-13(4-2-12(1)17-6-9-18-10-7-17)21-15-11-20-14-5-8-19-16(14)15;8-5-6-2-1-3-7(9)4-6/h1-4,14-16H,5-11H2;1-4,9H,5,8H2. The molecule has 2 aromatic rings. The number of morpholine rings is 1. The number of hydrogen-bond donors (Lipinski definition) is 2. The second-order valence-electron chi connectivity index (χ2n) is 7.62. The zero-order valence-electron chi connectivity index (χ0n) is 17.1. The van der Waals surface area contributed by atoms with E-state index in [1.54, 1.807) is 18.2 Å². The Bertz CT molecular complexity index is 794. The van der Waals surface area contributed by atoms with E-state index in [1.165, 1.54) is 5.69 Å². The van der Waals surface area contributed by atoms with Crippen LogP contribution in [-0.2, 0) is 20.8 Å². The molecule has 3 aliphatic rings. The van der Waals surface area contributed by atoms with Gasteiger partial charge in [0.25, 0.3) is 0 Å². The molecular weight excluding hydrogens is 384 g/mol. The summed E-state index contributed by atoms with van der Waals surface area (Å²) in [6, 6.07) is 15.2. The largest absolute Gasteiger partial charge is 0.508 e. The van der Waals surface area contributed by atoms with Crippen LogP contribution in [0.5, 0.6) is 11.5 Å². The number of anilines is 1. The van der Waals surface area contributed by atoms with Crippen molar-refractivity contribution in [3.8, 4) is 11.5 Å². The van der Waals surface area contributed by atoms with Gasteiger partial charge in [0.1, 0.15) is 17.6 Å². The quantitative estimate of drug-likeness (QED) is 0.794. The fraction of sp³-hybridized carbons (Fsp3) is 0.478. The SMILES string of the molecule is NCc1cccc(O)c1.c1cc(N2CCOCC2)ccc1OC1COC2CCOC21. The molecule has 0 aliphatic carbocycles. The fourth-order valence-corrected chi connectivity index (χ4v) is 3.95. The molecule has 162 valence electrons. The molecule has 3 saturated heterocycles. The predicted molar refractivity (Wildman–Crippen MR) is 114 cm³/mol. The van der Waals surface area contributed by atoms with Crippen molar-refractivity contribution in [3.05, 3.63) is 54.1 Å². The summed E-state index contributed by atoms with van der Waals surface area (Å²) in [5.41, 5.74) is 7.49. The van der Waals surface area contributed by atoms with E-state index in [9.17, 15) is 0 Å². The average Bonchev–Trinajstić information content (AvgIpc) is 3.41. The lowest BCUT2D eigenvalue weighted by Crippen LogP contribution is -2.36. The second-order valence-corrected chi connectivity index (χ2v) is 7.62. The third-order valence-electron chi connectivity index (χ3n) is 5.57. The van der Waals surface area contributed by atoms with E-state index < -0.39 is 0 Å². The number of rotatable bonds is 4. The van der Waals surface area contributed by atoms with Crippen LogP contribution in [0.25, 0.3) is 0 Å². The van der Waals surface area contributed by atoms with Gasteiger partial charge in [0.2, 0.25) is 0 Å². The first-order valence-corrected chi connectivity index (χ1v) is 10.5. The summed E-state index contributed by atoms with van der Waals surface area (Å²) in [5, 5.41) is 8.89. The van der Waals surface area contributed by atoms with Gasteiger partial charge in [-0.3, -0.25) is 0 Å². The van der Waals surface area contributed by atoms with Crippen LogP contribution in [0, 0.1) is 0 Å². The smallest absolute Gasteiger partial charge is 0.150 e. The molecule has 0 spiro atoms. The zero-order valence-corrected chi connectivity index (χ0v) is 17.1. The normalized spacial score (nSPS) is 25.4. The number of ether oxygens (including phenoxy) is 4. The highest BCUT2D eigenvalue weighted by molar-refractivity contribution is 5.49. The maximum absolute atomic E-state index is 8.89. The van der Waals surface area contributed by atoms with Crippen LogP contribution in [0.3, 0.4) is 0 Å². The molecule has 0 saturated carbocycles. The molecule has 2 aromatic carbocycles. The van der Waals surface area contributed by atoms with E-state index in [0.717, 1.165) is 50.6 Å². The molecular formula is C23H30N2O5. The van der Waals surface area contributed by atoms with Crippen molar-refractivity contribution in [2.45, 2.75) is 31.3 Å². The molecule has 7 nitrogen and oxygen atoms in total. The van der Waals surface area contributed by atoms with Gasteiger partial charge in [-0.2, -0.15) is 0 Å². The predicted octanol–water partition coefficient (Wildman–Crippen LogP) is 2.31. The van der Waals surface area contributed by atoms with Crippen LogP contribution in [0.15, 0.2) is 48.5 Å². The minimum atomic E-state index is 0.0201. The number of nitrogens with two attached hydrogens (primary N) is 1. The van der Waals surface area contributed by atoms with Crippen molar-refractivity contribution in [2.24, 2.45) is 5.73 Å². The topological polar surface area (TPSA) is 86.4 Å². The first-order valence-electron chi connectivity index (χ1n) is 10.5.